The molecule has 0 saturated carbocycles. The fourth-order valence-corrected chi connectivity index (χ4v) is 3.94. The lowest BCUT2D eigenvalue weighted by molar-refractivity contribution is -0.130. The summed E-state index contributed by atoms with van der Waals surface area (Å²) in [4.78, 5) is 28.9. The van der Waals surface area contributed by atoms with Gasteiger partial charge in [0, 0.05) is 44.0 Å². The molecule has 0 unspecified atom stereocenters. The van der Waals surface area contributed by atoms with E-state index in [1.54, 1.807) is 7.11 Å². The van der Waals surface area contributed by atoms with Crippen molar-refractivity contribution < 1.29 is 14.3 Å². The smallest absolute Gasteiger partial charge is 0.227 e. The molecule has 2 aromatic rings. The van der Waals surface area contributed by atoms with Gasteiger partial charge in [-0.3, -0.25) is 9.59 Å². The highest BCUT2D eigenvalue weighted by molar-refractivity contribution is 5.90. The average Bonchev–Trinajstić information content (AvgIpc) is 2.83. The van der Waals surface area contributed by atoms with Gasteiger partial charge in [0.2, 0.25) is 11.8 Å². The molecule has 172 valence electrons. The molecule has 0 bridgehead atoms. The maximum atomic E-state index is 12.7. The van der Waals surface area contributed by atoms with Crippen molar-refractivity contribution in [2.45, 2.75) is 45.4 Å². The van der Waals surface area contributed by atoms with Crippen molar-refractivity contribution in [2.24, 2.45) is 0 Å². The van der Waals surface area contributed by atoms with Gasteiger partial charge in [-0.15, -0.1) is 0 Å². The minimum atomic E-state index is 0.0813. The number of piperazine rings is 1. The van der Waals surface area contributed by atoms with Crippen LogP contribution in [0.25, 0.3) is 0 Å². The number of hydrogen-bond acceptors (Lipinski definition) is 4. The second-order valence-corrected chi connectivity index (χ2v) is 8.30. The molecule has 6 nitrogen and oxygen atoms in total. The van der Waals surface area contributed by atoms with Gasteiger partial charge in [0.25, 0.3) is 0 Å². The van der Waals surface area contributed by atoms with E-state index in [4.69, 9.17) is 4.74 Å². The Balaban J connectivity index is 1.43. The van der Waals surface area contributed by atoms with Crippen molar-refractivity contribution in [3.8, 4) is 5.75 Å². The second kappa shape index (κ2) is 12.1. The van der Waals surface area contributed by atoms with E-state index in [-0.39, 0.29) is 11.8 Å². The number of amides is 2. The topological polar surface area (TPSA) is 61.9 Å². The van der Waals surface area contributed by atoms with E-state index in [1.165, 1.54) is 12.8 Å². The summed E-state index contributed by atoms with van der Waals surface area (Å²) in [5.41, 5.74) is 2.96. The van der Waals surface area contributed by atoms with Crippen LogP contribution < -0.4 is 15.0 Å². The largest absolute Gasteiger partial charge is 0.497 e. The summed E-state index contributed by atoms with van der Waals surface area (Å²) in [6.45, 7) is 5.20. The molecule has 2 amide bonds. The highest BCUT2D eigenvalue weighted by Crippen LogP contribution is 2.20. The number of anilines is 2. The van der Waals surface area contributed by atoms with Crippen LogP contribution in [0, 0.1) is 0 Å². The predicted molar refractivity (Wildman–Crippen MR) is 129 cm³/mol. The van der Waals surface area contributed by atoms with E-state index in [1.807, 2.05) is 53.4 Å². The molecular weight excluding hydrogens is 402 g/mol. The number of ether oxygens (including phenoxy) is 1. The maximum absolute atomic E-state index is 12.7. The lowest BCUT2D eigenvalue weighted by Gasteiger charge is -2.36. The van der Waals surface area contributed by atoms with Crippen LogP contribution in [0.3, 0.4) is 0 Å². The Morgan fingerprint density at radius 1 is 0.906 bits per heavy atom. The lowest BCUT2D eigenvalue weighted by atomic mass is 10.1. The number of benzene rings is 2. The molecule has 2 aromatic carbocycles. The SMILES string of the molecule is CCCCCCC(=O)Nc1ccc(N2CCN(C(=O)Cc3ccc(OC)cc3)CC2)cc1. The van der Waals surface area contributed by atoms with E-state index < -0.39 is 0 Å². The molecule has 1 aliphatic rings. The molecule has 0 radical (unpaired) electrons. The van der Waals surface area contributed by atoms with Crippen LogP contribution in [-0.2, 0) is 16.0 Å². The van der Waals surface area contributed by atoms with Crippen LogP contribution >= 0.6 is 0 Å². The van der Waals surface area contributed by atoms with Gasteiger partial charge in [-0.25, -0.2) is 0 Å². The summed E-state index contributed by atoms with van der Waals surface area (Å²) in [5, 5.41) is 2.98. The molecule has 6 heteroatoms. The number of carbonyl (C=O) groups excluding carboxylic acids is 2. The number of nitrogens with one attached hydrogen (secondary N) is 1. The van der Waals surface area contributed by atoms with Crippen molar-refractivity contribution in [2.75, 3.05) is 43.5 Å². The molecule has 0 aliphatic carbocycles. The summed E-state index contributed by atoms with van der Waals surface area (Å²) in [7, 11) is 1.64. The molecule has 0 atom stereocenters. The Hall–Kier alpha value is -3.02. The fraction of sp³-hybridized carbons (Fsp3) is 0.462. The number of unbranched alkanes of at least 4 members (excludes halogenated alkanes) is 3. The van der Waals surface area contributed by atoms with Crippen molar-refractivity contribution >= 4 is 23.2 Å². The lowest BCUT2D eigenvalue weighted by Crippen LogP contribution is -2.49. The van der Waals surface area contributed by atoms with Crippen molar-refractivity contribution in [3.63, 3.8) is 0 Å². The van der Waals surface area contributed by atoms with Gasteiger partial charge < -0.3 is 19.9 Å². The first kappa shape index (κ1) is 23.6. The van der Waals surface area contributed by atoms with E-state index in [0.29, 0.717) is 25.9 Å². The zero-order valence-corrected chi connectivity index (χ0v) is 19.3. The third-order valence-electron chi connectivity index (χ3n) is 5.92. The molecular formula is C26H35N3O3. The number of carbonyl (C=O) groups is 2. The van der Waals surface area contributed by atoms with Gasteiger partial charge in [0.05, 0.1) is 13.5 Å². The van der Waals surface area contributed by atoms with Crippen LogP contribution in [-0.4, -0.2) is 50.0 Å². The Morgan fingerprint density at radius 3 is 2.22 bits per heavy atom. The number of hydrogen-bond donors (Lipinski definition) is 1. The molecule has 1 N–H and O–H groups in total. The third kappa shape index (κ3) is 7.01. The quantitative estimate of drug-likeness (QED) is 0.556. The first-order valence-corrected chi connectivity index (χ1v) is 11.6. The zero-order chi connectivity index (χ0) is 22.8. The Labute approximate surface area is 191 Å². The molecule has 1 fully saturated rings. The van der Waals surface area contributed by atoms with E-state index in [2.05, 4.69) is 17.1 Å². The Bertz CT molecular complexity index is 857. The minimum Gasteiger partial charge on any atom is -0.497 e. The van der Waals surface area contributed by atoms with Crippen LogP contribution in [0.2, 0.25) is 0 Å². The van der Waals surface area contributed by atoms with Gasteiger partial charge in [-0.05, 0) is 48.4 Å². The van der Waals surface area contributed by atoms with Gasteiger partial charge in [-0.2, -0.15) is 0 Å². The second-order valence-electron chi connectivity index (χ2n) is 8.30. The molecule has 0 spiro atoms. The standard InChI is InChI=1S/C26H35N3O3/c1-3-4-5-6-7-25(30)27-22-10-12-23(13-11-22)28-16-18-29(19-17-28)26(31)20-21-8-14-24(32-2)15-9-21/h8-15H,3-7,16-20H2,1-2H3,(H,27,30). The minimum absolute atomic E-state index is 0.0813. The summed E-state index contributed by atoms with van der Waals surface area (Å²) in [6.07, 6.45) is 5.40. The van der Waals surface area contributed by atoms with Crippen LogP contribution in [0.4, 0.5) is 11.4 Å². The average molecular weight is 438 g/mol. The molecule has 32 heavy (non-hydrogen) atoms. The predicted octanol–water partition coefficient (Wildman–Crippen LogP) is 4.50. The van der Waals surface area contributed by atoms with Crippen molar-refractivity contribution in [1.82, 2.24) is 4.90 Å². The molecule has 1 aliphatic heterocycles. The molecule has 0 aromatic heterocycles. The summed E-state index contributed by atoms with van der Waals surface area (Å²) >= 11 is 0. The van der Waals surface area contributed by atoms with E-state index in [0.717, 1.165) is 48.6 Å². The monoisotopic (exact) mass is 437 g/mol. The fourth-order valence-electron chi connectivity index (χ4n) is 3.94. The third-order valence-corrected chi connectivity index (χ3v) is 5.92. The van der Waals surface area contributed by atoms with Crippen LogP contribution in [0.5, 0.6) is 5.75 Å². The van der Waals surface area contributed by atoms with Gasteiger partial charge >= 0.3 is 0 Å². The van der Waals surface area contributed by atoms with Crippen molar-refractivity contribution in [3.05, 3.63) is 54.1 Å². The van der Waals surface area contributed by atoms with Gasteiger partial charge in [-0.1, -0.05) is 38.3 Å². The Morgan fingerprint density at radius 2 is 1.59 bits per heavy atom. The van der Waals surface area contributed by atoms with Crippen LogP contribution in [0.15, 0.2) is 48.5 Å². The maximum Gasteiger partial charge on any atom is 0.227 e. The molecule has 1 heterocycles. The van der Waals surface area contributed by atoms with Gasteiger partial charge in [0.15, 0.2) is 0 Å². The normalized spacial score (nSPS) is 13.7. The van der Waals surface area contributed by atoms with Crippen molar-refractivity contribution in [1.29, 1.82) is 0 Å². The summed E-state index contributed by atoms with van der Waals surface area (Å²) in [5.74, 6) is 1.04. The number of methoxy groups -OCH3 is 1. The van der Waals surface area contributed by atoms with Gasteiger partial charge in [0.1, 0.15) is 5.75 Å². The Kier molecular flexibility index (Phi) is 8.96. The molecule has 3 rings (SSSR count). The summed E-state index contributed by atoms with van der Waals surface area (Å²) in [6, 6.07) is 15.7. The molecule has 1 saturated heterocycles. The first-order chi connectivity index (χ1) is 15.6. The van der Waals surface area contributed by atoms with Crippen LogP contribution in [0.1, 0.15) is 44.6 Å². The summed E-state index contributed by atoms with van der Waals surface area (Å²) < 4.78 is 5.17. The van der Waals surface area contributed by atoms with E-state index in [9.17, 15) is 9.59 Å². The highest BCUT2D eigenvalue weighted by Gasteiger charge is 2.21. The first-order valence-electron chi connectivity index (χ1n) is 11.6. The zero-order valence-electron chi connectivity index (χ0n) is 19.3. The number of rotatable bonds is 10. The highest BCUT2D eigenvalue weighted by atomic mass is 16.5. The number of nitrogens with zero attached hydrogens (tertiary/aromatic N) is 2. The van der Waals surface area contributed by atoms with E-state index >= 15 is 0 Å².